The number of sulfonamides is 1. The van der Waals surface area contributed by atoms with Gasteiger partial charge in [-0.25, -0.2) is 12.8 Å². The van der Waals surface area contributed by atoms with Crippen LogP contribution in [0.25, 0.3) is 0 Å². The molecule has 0 aromatic heterocycles. The minimum absolute atomic E-state index is 0.00644. The highest BCUT2D eigenvalue weighted by molar-refractivity contribution is 7.92. The first-order valence-electron chi connectivity index (χ1n) is 8.64. The van der Waals surface area contributed by atoms with Crippen molar-refractivity contribution in [1.82, 2.24) is 0 Å². The van der Waals surface area contributed by atoms with Crippen LogP contribution in [0.3, 0.4) is 0 Å². The van der Waals surface area contributed by atoms with Crippen LogP contribution in [0.5, 0.6) is 0 Å². The van der Waals surface area contributed by atoms with E-state index in [1.54, 1.807) is 12.1 Å². The zero-order chi connectivity index (χ0) is 20.2. The highest BCUT2D eigenvalue weighted by atomic mass is 32.2. The van der Waals surface area contributed by atoms with Gasteiger partial charge in [-0.05, 0) is 41.3 Å². The zero-order valence-corrected chi connectivity index (χ0v) is 16.7. The van der Waals surface area contributed by atoms with Gasteiger partial charge in [0.05, 0.1) is 17.4 Å². The number of halogens is 1. The van der Waals surface area contributed by atoms with E-state index in [4.69, 9.17) is 0 Å². The minimum Gasteiger partial charge on any atom is -0.326 e. The van der Waals surface area contributed by atoms with Crippen LogP contribution in [-0.2, 0) is 20.2 Å². The molecule has 0 saturated heterocycles. The van der Waals surface area contributed by atoms with Gasteiger partial charge in [-0.1, -0.05) is 45.9 Å². The van der Waals surface area contributed by atoms with Crippen molar-refractivity contribution in [3.05, 3.63) is 59.9 Å². The van der Waals surface area contributed by atoms with Gasteiger partial charge in [-0.2, -0.15) is 0 Å². The summed E-state index contributed by atoms with van der Waals surface area (Å²) >= 11 is 0. The molecule has 146 valence electrons. The van der Waals surface area contributed by atoms with Crippen molar-refractivity contribution in [2.24, 2.45) is 5.92 Å². The molecule has 0 aliphatic rings. The van der Waals surface area contributed by atoms with Crippen molar-refractivity contribution in [1.29, 1.82) is 0 Å². The van der Waals surface area contributed by atoms with Crippen molar-refractivity contribution >= 4 is 27.3 Å². The third-order valence-electron chi connectivity index (χ3n) is 4.03. The summed E-state index contributed by atoms with van der Waals surface area (Å²) in [6.07, 6.45) is 0. The fourth-order valence-electron chi connectivity index (χ4n) is 2.50. The maximum Gasteiger partial charge on any atom is 0.233 e. The van der Waals surface area contributed by atoms with E-state index in [0.717, 1.165) is 11.6 Å². The summed E-state index contributed by atoms with van der Waals surface area (Å²) in [5.41, 5.74) is 1.87. The molecule has 1 amide bonds. The fourth-order valence-corrected chi connectivity index (χ4v) is 3.88. The lowest BCUT2D eigenvalue weighted by atomic mass is 9.87. The monoisotopic (exact) mass is 392 g/mol. The normalized spacial score (nSPS) is 13.1. The Bertz CT molecular complexity index is 904. The van der Waals surface area contributed by atoms with Crippen LogP contribution >= 0.6 is 0 Å². The van der Waals surface area contributed by atoms with E-state index in [-0.39, 0.29) is 11.1 Å². The highest BCUT2D eigenvalue weighted by Gasteiger charge is 2.22. The SMILES string of the molecule is CC(CS(=O)(=O)Nc1cccc(F)c1)C(=O)Nc1ccc(C(C)(C)C)cc1. The molecule has 0 saturated carbocycles. The Kier molecular flexibility index (Phi) is 6.26. The van der Waals surface area contributed by atoms with Gasteiger partial charge in [-0.3, -0.25) is 9.52 Å². The lowest BCUT2D eigenvalue weighted by Gasteiger charge is -2.19. The molecular weight excluding hydrogens is 367 g/mol. The molecule has 1 atom stereocenters. The molecule has 0 aliphatic carbocycles. The summed E-state index contributed by atoms with van der Waals surface area (Å²) in [5, 5.41) is 2.72. The average Bonchev–Trinajstić information content (AvgIpc) is 2.53. The predicted molar refractivity (Wildman–Crippen MR) is 107 cm³/mol. The van der Waals surface area contributed by atoms with Crippen LogP contribution in [0.2, 0.25) is 0 Å². The summed E-state index contributed by atoms with van der Waals surface area (Å²) in [5.74, 6) is -2.13. The van der Waals surface area contributed by atoms with E-state index >= 15 is 0 Å². The molecule has 0 bridgehead atoms. The molecule has 1 unspecified atom stereocenters. The fraction of sp³-hybridized carbons (Fsp3) is 0.350. The standard InChI is InChI=1S/C20H25FN2O3S/c1-14(13-27(25,26)23-18-7-5-6-16(21)12-18)19(24)22-17-10-8-15(9-11-17)20(2,3)4/h5-12,14,23H,13H2,1-4H3,(H,22,24). The summed E-state index contributed by atoms with van der Waals surface area (Å²) in [7, 11) is -3.79. The number of carbonyl (C=O) groups excluding carboxylic acids is 1. The van der Waals surface area contributed by atoms with E-state index in [0.29, 0.717) is 5.69 Å². The molecule has 0 aliphatic heterocycles. The number of benzene rings is 2. The van der Waals surface area contributed by atoms with Gasteiger partial charge in [0.25, 0.3) is 0 Å². The van der Waals surface area contributed by atoms with Crippen molar-refractivity contribution in [3.8, 4) is 0 Å². The lowest BCUT2D eigenvalue weighted by Crippen LogP contribution is -2.29. The van der Waals surface area contributed by atoms with Crippen molar-refractivity contribution in [2.45, 2.75) is 33.1 Å². The van der Waals surface area contributed by atoms with Gasteiger partial charge in [0.15, 0.2) is 0 Å². The van der Waals surface area contributed by atoms with Crippen LogP contribution in [-0.4, -0.2) is 20.1 Å². The number of anilines is 2. The minimum atomic E-state index is -3.79. The highest BCUT2D eigenvalue weighted by Crippen LogP contribution is 2.23. The van der Waals surface area contributed by atoms with Gasteiger partial charge < -0.3 is 5.32 Å². The molecule has 2 aromatic carbocycles. The number of amides is 1. The number of nitrogens with one attached hydrogen (secondary N) is 2. The largest absolute Gasteiger partial charge is 0.326 e. The van der Waals surface area contributed by atoms with Gasteiger partial charge in [0, 0.05) is 5.69 Å². The molecule has 0 spiro atoms. The van der Waals surface area contributed by atoms with Crippen molar-refractivity contribution < 1.29 is 17.6 Å². The Morgan fingerprint density at radius 2 is 1.70 bits per heavy atom. The molecule has 27 heavy (non-hydrogen) atoms. The van der Waals surface area contributed by atoms with Gasteiger partial charge in [0.2, 0.25) is 15.9 Å². The smallest absolute Gasteiger partial charge is 0.233 e. The first-order chi connectivity index (χ1) is 12.5. The van der Waals surface area contributed by atoms with E-state index in [1.165, 1.54) is 25.1 Å². The van der Waals surface area contributed by atoms with Crippen LogP contribution in [0.4, 0.5) is 15.8 Å². The number of rotatable bonds is 6. The molecule has 7 heteroatoms. The predicted octanol–water partition coefficient (Wildman–Crippen LogP) is 4.14. The molecule has 2 rings (SSSR count). The third-order valence-corrected chi connectivity index (χ3v) is 5.52. The zero-order valence-electron chi connectivity index (χ0n) is 15.9. The maximum atomic E-state index is 13.2. The Balaban J connectivity index is 1.98. The Morgan fingerprint density at radius 3 is 2.26 bits per heavy atom. The molecule has 5 nitrogen and oxygen atoms in total. The van der Waals surface area contributed by atoms with E-state index in [1.807, 2.05) is 12.1 Å². The van der Waals surface area contributed by atoms with E-state index < -0.39 is 33.4 Å². The first kappa shape index (κ1) is 20.9. The number of hydrogen-bond donors (Lipinski definition) is 2. The molecule has 0 fully saturated rings. The molecule has 0 radical (unpaired) electrons. The Hall–Kier alpha value is -2.41. The van der Waals surface area contributed by atoms with E-state index in [2.05, 4.69) is 30.8 Å². The summed E-state index contributed by atoms with van der Waals surface area (Å²) in [4.78, 5) is 12.3. The summed E-state index contributed by atoms with van der Waals surface area (Å²) < 4.78 is 39.9. The van der Waals surface area contributed by atoms with Crippen LogP contribution in [0, 0.1) is 11.7 Å². The second-order valence-corrected chi connectivity index (χ2v) is 9.38. The van der Waals surface area contributed by atoms with E-state index in [9.17, 15) is 17.6 Å². The van der Waals surface area contributed by atoms with Crippen LogP contribution in [0.1, 0.15) is 33.3 Å². The number of carbonyl (C=O) groups is 1. The second-order valence-electron chi connectivity index (χ2n) is 7.61. The number of hydrogen-bond acceptors (Lipinski definition) is 3. The second kappa shape index (κ2) is 8.08. The molecule has 2 aromatic rings. The Morgan fingerprint density at radius 1 is 1.07 bits per heavy atom. The van der Waals surface area contributed by atoms with Gasteiger partial charge in [-0.15, -0.1) is 0 Å². The molecular formula is C20H25FN2O3S. The van der Waals surface area contributed by atoms with Crippen molar-refractivity contribution in [2.75, 3.05) is 15.8 Å². The summed E-state index contributed by atoms with van der Waals surface area (Å²) in [6.45, 7) is 7.82. The van der Waals surface area contributed by atoms with Crippen LogP contribution in [0.15, 0.2) is 48.5 Å². The molecule has 0 heterocycles. The van der Waals surface area contributed by atoms with Gasteiger partial charge >= 0.3 is 0 Å². The topological polar surface area (TPSA) is 75.3 Å². The van der Waals surface area contributed by atoms with Crippen LogP contribution < -0.4 is 10.0 Å². The lowest BCUT2D eigenvalue weighted by molar-refractivity contribution is -0.118. The molecule has 2 N–H and O–H groups in total. The summed E-state index contributed by atoms with van der Waals surface area (Å²) in [6, 6.07) is 12.6. The van der Waals surface area contributed by atoms with Gasteiger partial charge in [0.1, 0.15) is 5.82 Å². The average molecular weight is 392 g/mol. The maximum absolute atomic E-state index is 13.2. The third kappa shape index (κ3) is 6.36. The van der Waals surface area contributed by atoms with Crippen molar-refractivity contribution in [3.63, 3.8) is 0 Å². The Labute approximate surface area is 160 Å². The quantitative estimate of drug-likeness (QED) is 0.776. The first-order valence-corrected chi connectivity index (χ1v) is 10.3.